The fraction of sp³-hybridized carbons (Fsp3) is 0.542. The molecule has 0 bridgehead atoms. The van der Waals surface area contributed by atoms with Crippen LogP contribution >= 0.6 is 11.8 Å². The Morgan fingerprint density at radius 2 is 0.965 bits per heavy atom. The number of amides is 2. The van der Waals surface area contributed by atoms with Gasteiger partial charge in [-0.05, 0) is 230 Å². The highest BCUT2D eigenvalue weighted by Gasteiger charge is 2.57. The van der Waals surface area contributed by atoms with Crippen LogP contribution in [0.4, 0.5) is 38.1 Å². The van der Waals surface area contributed by atoms with Gasteiger partial charge < -0.3 is 44.0 Å². The van der Waals surface area contributed by atoms with Crippen LogP contribution in [-0.2, 0) is 85.1 Å². The fourth-order valence-electron chi connectivity index (χ4n) is 13.8. The van der Waals surface area contributed by atoms with Crippen molar-refractivity contribution in [2.45, 2.75) is 310 Å². The van der Waals surface area contributed by atoms with Gasteiger partial charge in [-0.3, -0.25) is 4.79 Å². The van der Waals surface area contributed by atoms with Crippen LogP contribution in [0, 0.1) is 0 Å². The molecule has 0 saturated heterocycles. The van der Waals surface area contributed by atoms with Crippen LogP contribution in [0.25, 0.3) is 0 Å². The van der Waals surface area contributed by atoms with E-state index in [0.717, 1.165) is 80.1 Å². The molecule has 11 nitrogen and oxygen atoms in total. The van der Waals surface area contributed by atoms with Crippen LogP contribution in [0.2, 0.25) is 0 Å². The topological polar surface area (TPSA) is 117 Å². The van der Waals surface area contributed by atoms with Crippen LogP contribution in [-0.4, -0.2) is 72.6 Å². The number of carbonyl (C=O) groups is 2. The van der Waals surface area contributed by atoms with Gasteiger partial charge in [0.15, 0.2) is 11.5 Å². The summed E-state index contributed by atoms with van der Waals surface area (Å²) in [4.78, 5) is 26.4. The molecule has 14 rings (SSSR count). The molecular formula is C96H130F5N3O8S. The lowest BCUT2D eigenvalue weighted by atomic mass is 9.77. The SMILES string of the molecule is CC(C)(C)OC(=O)N1CCc2c(cccc2C(C)(C)C)C1.CC(C)(C)c1ccc2c(c1)CCCC2.CC(C)(C)c1ccc2c(c1)NC(=O)CS2.CC(C)(C)c1ccc2c(c1)NCCO2.CC(C)(C)c1ccc2c(c1)OC(F)(F)C(C)(F)C2.CC(C)(C)c1ccc2c(c1)OC(F)(F)O2.CC(C)(C)c1ccc2c(c1)OCCC2(C)C. The van der Waals surface area contributed by atoms with Crippen LogP contribution in [0.1, 0.15) is 279 Å². The molecule has 17 heteroatoms. The molecule has 0 saturated carbocycles. The van der Waals surface area contributed by atoms with E-state index in [-0.39, 0.29) is 73.6 Å². The van der Waals surface area contributed by atoms with E-state index >= 15 is 0 Å². The molecule has 0 radical (unpaired) electrons. The van der Waals surface area contributed by atoms with Gasteiger partial charge in [0, 0.05) is 31.0 Å². The summed E-state index contributed by atoms with van der Waals surface area (Å²) in [5.74, 6) is 2.97. The molecular weight excluding hydrogens is 1450 g/mol. The quantitative estimate of drug-likeness (QED) is 0.142. The van der Waals surface area contributed by atoms with Crippen molar-refractivity contribution in [1.82, 2.24) is 4.90 Å². The zero-order valence-electron chi connectivity index (χ0n) is 72.8. The minimum atomic E-state index is -3.78. The smallest absolute Gasteiger partial charge is 0.493 e. The van der Waals surface area contributed by atoms with Crippen molar-refractivity contribution in [2.75, 3.05) is 42.7 Å². The van der Waals surface area contributed by atoms with Crippen LogP contribution in [0.15, 0.2) is 132 Å². The lowest BCUT2D eigenvalue weighted by Gasteiger charge is -2.36. The van der Waals surface area contributed by atoms with Crippen molar-refractivity contribution in [2.24, 2.45) is 0 Å². The molecule has 1 unspecified atom stereocenters. The number of nitrogens with zero attached hydrogens (tertiary/aromatic N) is 1. The summed E-state index contributed by atoms with van der Waals surface area (Å²) in [7, 11) is 0. The Morgan fingerprint density at radius 1 is 0.478 bits per heavy atom. The molecule has 7 aromatic carbocycles. The van der Waals surface area contributed by atoms with Gasteiger partial charge in [0.1, 0.15) is 29.5 Å². The zero-order valence-corrected chi connectivity index (χ0v) is 73.6. The molecule has 1 atom stereocenters. The number of aryl methyl sites for hydroxylation is 2. The summed E-state index contributed by atoms with van der Waals surface area (Å²) < 4.78 is 96.3. The predicted molar refractivity (Wildman–Crippen MR) is 454 cm³/mol. The van der Waals surface area contributed by atoms with E-state index in [1.165, 1.54) is 81.2 Å². The van der Waals surface area contributed by atoms with Crippen molar-refractivity contribution in [3.05, 3.63) is 200 Å². The third-order valence-electron chi connectivity index (χ3n) is 21.1. The lowest BCUT2D eigenvalue weighted by molar-refractivity contribution is -0.286. The van der Waals surface area contributed by atoms with Gasteiger partial charge in [0.05, 0.1) is 23.7 Å². The fourth-order valence-corrected chi connectivity index (χ4v) is 14.5. The van der Waals surface area contributed by atoms with E-state index in [1.807, 2.05) is 68.4 Å². The maximum Gasteiger partial charge on any atom is 0.586 e. The number of rotatable bonds is 0. The third-order valence-corrected chi connectivity index (χ3v) is 22.1. The van der Waals surface area contributed by atoms with Gasteiger partial charge in [0.2, 0.25) is 11.6 Å². The normalized spacial score (nSPS) is 18.2. The Kier molecular flexibility index (Phi) is 27.7. The molecule has 2 amide bonds. The van der Waals surface area contributed by atoms with Crippen molar-refractivity contribution in [3.63, 3.8) is 0 Å². The number of benzene rings is 7. The van der Waals surface area contributed by atoms with Gasteiger partial charge in [-0.2, -0.15) is 8.78 Å². The molecule has 0 fully saturated rings. The van der Waals surface area contributed by atoms with E-state index in [0.29, 0.717) is 23.3 Å². The second-order valence-electron chi connectivity index (χ2n) is 39.9. The molecule has 6 heterocycles. The number of anilines is 2. The first kappa shape index (κ1) is 90.6. The summed E-state index contributed by atoms with van der Waals surface area (Å²) in [5.41, 5.74) is 16.3. The number of fused-ring (bicyclic) bond motifs is 7. The number of thioether (sulfide) groups is 1. The van der Waals surface area contributed by atoms with Gasteiger partial charge in [0.25, 0.3) is 0 Å². The first-order chi connectivity index (χ1) is 51.8. The highest BCUT2D eigenvalue weighted by atomic mass is 32.2. The van der Waals surface area contributed by atoms with Gasteiger partial charge in [-0.15, -0.1) is 20.5 Å². The summed E-state index contributed by atoms with van der Waals surface area (Å²) in [6.45, 7) is 60.5. The Morgan fingerprint density at radius 3 is 1.54 bits per heavy atom. The number of hydrogen-bond donors (Lipinski definition) is 2. The second-order valence-corrected chi connectivity index (χ2v) is 40.9. The Bertz CT molecular complexity index is 4400. The zero-order chi connectivity index (χ0) is 84.3. The third kappa shape index (κ3) is 24.8. The average Bonchev–Trinajstić information content (AvgIpc) is 1.33. The van der Waals surface area contributed by atoms with Gasteiger partial charge in [-0.25, -0.2) is 9.18 Å². The van der Waals surface area contributed by atoms with Crippen molar-refractivity contribution < 1.29 is 60.0 Å². The minimum Gasteiger partial charge on any atom is -0.493 e. The first-order valence-corrected chi connectivity index (χ1v) is 41.2. The second kappa shape index (κ2) is 34.5. The molecule has 618 valence electrons. The van der Waals surface area contributed by atoms with Crippen LogP contribution in [0.5, 0.6) is 28.7 Å². The number of ether oxygens (including phenoxy) is 6. The predicted octanol–water partition coefficient (Wildman–Crippen LogP) is 25.5. The molecule has 113 heavy (non-hydrogen) atoms. The molecule has 0 spiro atoms. The molecule has 6 aliphatic heterocycles. The number of hydrogen-bond acceptors (Lipinski definition) is 10. The molecule has 7 aromatic rings. The van der Waals surface area contributed by atoms with Crippen molar-refractivity contribution >= 4 is 35.1 Å². The average molecular weight is 1580 g/mol. The largest absolute Gasteiger partial charge is 0.586 e. The molecule has 7 aliphatic rings. The molecule has 1 aliphatic carbocycles. The number of halogens is 5. The molecule has 0 aromatic heterocycles. The van der Waals surface area contributed by atoms with Crippen molar-refractivity contribution in [3.8, 4) is 28.7 Å². The highest BCUT2D eigenvalue weighted by Crippen LogP contribution is 2.47. The van der Waals surface area contributed by atoms with E-state index in [4.69, 9.17) is 14.2 Å². The lowest BCUT2D eigenvalue weighted by Crippen LogP contribution is -2.50. The first-order valence-electron chi connectivity index (χ1n) is 40.2. The summed E-state index contributed by atoms with van der Waals surface area (Å²) in [6, 6.07) is 42.9. The highest BCUT2D eigenvalue weighted by molar-refractivity contribution is 8.00. The Balaban J connectivity index is 0.000000166. The summed E-state index contributed by atoms with van der Waals surface area (Å²) in [5, 5.41) is 6.26. The number of alkyl halides is 5. The summed E-state index contributed by atoms with van der Waals surface area (Å²) in [6.07, 6.45) is -0.512. The maximum atomic E-state index is 13.8. The van der Waals surface area contributed by atoms with Gasteiger partial charge in [-0.1, -0.05) is 238 Å². The van der Waals surface area contributed by atoms with Crippen LogP contribution < -0.4 is 34.3 Å². The van der Waals surface area contributed by atoms with Gasteiger partial charge >= 0.3 is 18.5 Å². The Labute approximate surface area is 677 Å². The monoisotopic (exact) mass is 1580 g/mol. The van der Waals surface area contributed by atoms with E-state index in [2.05, 4.69) is 234 Å². The summed E-state index contributed by atoms with van der Waals surface area (Å²) >= 11 is 1.60. The maximum absolute atomic E-state index is 13.8. The standard InChI is InChI=1S/C18H27NO2.C15H22O.C14H17F3O.C14H20.C12H15NOS.C12H17NO.C11H12F2O2/c1-17(2,3)15-9-7-8-13-12-19(11-10-14(13)15)16(20)21-18(4,5)6;1-14(2,3)11-6-7-12-13(10-11)16-9-8-15(12,4)5;1-12(2,3)10-6-5-9-8-13(4,15)14(16,17)18-11(9)7-10;1-14(2,3)13-9-8-11-6-4-5-7-12(11)10-13;1-12(2,3)8-4-5-10-9(6-8)13-11(14)7-15-10;1-12(2,3)9-4-5-11-10(8-9)13-6-7-14-11;1-10(2,3)7-4-5-8-9(6-7)15-11(12,13)14-8/h7-9H,10-12H2,1-6H3;6-7,10H,8-9H2,1-5H3;5-7H,8H2,1-4H3;8-10H,4-7H2,1-3H3;4-6H,7H2,1-3H3,(H,13,14);4-5,8,13H,6-7H2,1-3H3;4-6H,1-3H3. The van der Waals surface area contributed by atoms with E-state index < -0.39 is 23.7 Å². The minimum absolute atomic E-state index is 0.0857. The van der Waals surface area contributed by atoms with Crippen LogP contribution in [0.3, 0.4) is 0 Å². The Hall–Kier alpha value is -7.92. The molecule has 2 N–H and O–H groups in total. The number of nitrogens with one attached hydrogen (secondary N) is 2. The van der Waals surface area contributed by atoms with E-state index in [9.17, 15) is 31.5 Å². The number of carbonyl (C=O) groups excluding carboxylic acids is 2. The van der Waals surface area contributed by atoms with Crippen molar-refractivity contribution in [1.29, 1.82) is 0 Å². The van der Waals surface area contributed by atoms with E-state index in [1.54, 1.807) is 52.1 Å².